The molecule has 0 radical (unpaired) electrons. The van der Waals surface area contributed by atoms with Crippen LogP contribution in [0.3, 0.4) is 0 Å². The molecule has 95 heavy (non-hydrogen) atoms. The van der Waals surface area contributed by atoms with Crippen molar-refractivity contribution in [2.24, 2.45) is 27.4 Å². The average Bonchev–Trinajstić information content (AvgIpc) is 1.77. The maximum atomic E-state index is 15.0. The van der Waals surface area contributed by atoms with Gasteiger partial charge in [0.1, 0.15) is 116 Å². The van der Waals surface area contributed by atoms with Gasteiger partial charge in [-0.05, 0) is 35.7 Å². The lowest BCUT2D eigenvalue weighted by atomic mass is 9.95. The van der Waals surface area contributed by atoms with Gasteiger partial charge in [0.15, 0.2) is 30.5 Å². The highest BCUT2D eigenvalue weighted by Gasteiger charge is 2.55. The molecule has 6 aliphatic heterocycles. The number of esters is 1. The Kier molecular flexibility index (Phi) is 25.0. The number of carbonyl (C=O) groups is 7. The third-order valence-electron chi connectivity index (χ3n) is 16.6. The van der Waals surface area contributed by atoms with Crippen molar-refractivity contribution in [3.63, 3.8) is 0 Å². The SMILES string of the molecule is CC(C)CC(=O)O[C@@H]1[C@@H](O[C@H]2[C@H](O)[C@H](O)C(Oc3ccc(C[C@H]4NC(=O)CN(c5ccccc5)C(=O)CNC(=O)[C@H](CO)NC(=O)[C@@H](C(O)C5CN=C(N)N5[C@H]5O[C@H](CO)[C@@H](O)[C@H](O)[C@@H]5O)NC(=O)[C@H](C(O)C5CN=C(N)N5)NC4=O)cc3)O[C@@H]2CO)O[C@H](CO)[C@@H](O)[C@@H]1O. The van der Waals surface area contributed by atoms with E-state index < -0.39 is 240 Å². The number of amides is 6. The Morgan fingerprint density at radius 2 is 1.24 bits per heavy atom. The molecular formula is C57H82N12O26. The number of aliphatic hydroxyl groups excluding tert-OH is 13. The summed E-state index contributed by atoms with van der Waals surface area (Å²) in [6.45, 7) is -3.01. The topological polar surface area (TPSA) is 593 Å². The smallest absolute Gasteiger partial charge is 0.306 e. The molecule has 8 rings (SSSR count). The van der Waals surface area contributed by atoms with Crippen LogP contribution in [0.2, 0.25) is 0 Å². The van der Waals surface area contributed by atoms with Crippen molar-refractivity contribution in [3.8, 4) is 5.75 Å². The molecule has 2 aromatic carbocycles. The Labute approximate surface area is 540 Å². The van der Waals surface area contributed by atoms with Crippen LogP contribution in [-0.2, 0) is 63.7 Å². The number of rotatable bonds is 19. The lowest BCUT2D eigenvalue weighted by Gasteiger charge is -2.46. The van der Waals surface area contributed by atoms with E-state index in [-0.39, 0.29) is 41.8 Å². The number of ether oxygens (including phenoxy) is 6. The van der Waals surface area contributed by atoms with Gasteiger partial charge in [-0.25, -0.2) is 0 Å². The van der Waals surface area contributed by atoms with Crippen LogP contribution < -0.4 is 53.0 Å². The first-order chi connectivity index (χ1) is 45.2. The summed E-state index contributed by atoms with van der Waals surface area (Å²) in [5.41, 5.74) is 12.4. The zero-order chi connectivity index (χ0) is 69.3. The molecule has 38 nitrogen and oxygen atoms in total. The van der Waals surface area contributed by atoms with Crippen LogP contribution in [0.15, 0.2) is 64.6 Å². The molecule has 0 aliphatic carbocycles. The summed E-state index contributed by atoms with van der Waals surface area (Å²) in [6, 6.07) is 1.58. The summed E-state index contributed by atoms with van der Waals surface area (Å²) in [5.74, 6) is -9.11. The highest BCUT2D eigenvalue weighted by Crippen LogP contribution is 2.33. The fourth-order valence-corrected chi connectivity index (χ4v) is 11.4. The van der Waals surface area contributed by atoms with Crippen LogP contribution in [0, 0.1) is 5.92 Å². The normalized spacial score (nSPS) is 35.4. The second-order valence-corrected chi connectivity index (χ2v) is 23.8. The van der Waals surface area contributed by atoms with Gasteiger partial charge in [0.05, 0.1) is 58.1 Å². The molecule has 6 aliphatic rings. The zero-order valence-corrected chi connectivity index (χ0v) is 51.2. The number of hydrogen-bond acceptors (Lipinski definition) is 32. The van der Waals surface area contributed by atoms with Crippen LogP contribution >= 0.6 is 0 Å². The number of carbonyl (C=O) groups excluding carboxylic acids is 7. The molecule has 0 saturated carbocycles. The van der Waals surface area contributed by atoms with Gasteiger partial charge in [-0.15, -0.1) is 0 Å². The molecule has 23 N–H and O–H groups in total. The summed E-state index contributed by atoms with van der Waals surface area (Å²) >= 11 is 0. The number of anilines is 1. The third kappa shape index (κ3) is 17.2. The van der Waals surface area contributed by atoms with E-state index in [4.69, 9.17) is 39.9 Å². The second-order valence-electron chi connectivity index (χ2n) is 23.8. The van der Waals surface area contributed by atoms with Crippen molar-refractivity contribution >= 4 is 59.0 Å². The standard InChI is InChI=1S/C57H82N12O26/c1-22(2)12-35(76)94-48-43(82)41(80)31(20-72)92-55(48)95-47-32(21-73)93-54(46(85)44(47)83)90-25-10-8-23(9-11-25)13-26-50(87)66-36(38(77)27-14-61-56(58)65-27)52(89)67-37(39(78)29-15-62-57(59)69(29)53-45(84)42(81)40(79)30(19-71)91-53)51(88)64-28(18-70)49(86)60-16-34(75)68(17-33(74)63-26)24-6-4-3-5-7-24/h3-11,22,26-32,36-48,53-55,70-73,77-85H,12-21H2,1-2H3,(H2,59,62)(H,60,86)(H,63,74)(H,64,88)(H,66,87)(H,67,89)(H3,58,61,65)/t26-,27?,28+,29?,30-,31-,32-,36+,37-,38?,39?,40-,41-,42+,43+,44-,45+,46+,47-,48+,53+,54?,55-/m1/s1. The Balaban J connectivity index is 1.08. The molecule has 6 amide bonds. The molecule has 23 atom stereocenters. The van der Waals surface area contributed by atoms with Crippen molar-refractivity contribution in [1.82, 2.24) is 36.8 Å². The monoisotopic (exact) mass is 1350 g/mol. The zero-order valence-electron chi connectivity index (χ0n) is 51.2. The van der Waals surface area contributed by atoms with Crippen molar-refractivity contribution in [1.29, 1.82) is 0 Å². The number of benzene rings is 2. The number of aliphatic imine (C=N–C) groups is 2. The predicted octanol–water partition coefficient (Wildman–Crippen LogP) is -12.3. The van der Waals surface area contributed by atoms with E-state index in [0.717, 1.165) is 9.80 Å². The van der Waals surface area contributed by atoms with Gasteiger partial charge in [0.2, 0.25) is 41.7 Å². The summed E-state index contributed by atoms with van der Waals surface area (Å²) in [7, 11) is 0. The minimum atomic E-state index is -2.35. The maximum absolute atomic E-state index is 15.0. The van der Waals surface area contributed by atoms with Gasteiger partial charge in [-0.3, -0.25) is 43.5 Å². The molecule has 0 spiro atoms. The Morgan fingerprint density at radius 3 is 1.87 bits per heavy atom. The van der Waals surface area contributed by atoms with Crippen molar-refractivity contribution < 1.29 is 128 Å². The summed E-state index contributed by atoms with van der Waals surface area (Å²) < 4.78 is 34.4. The van der Waals surface area contributed by atoms with E-state index in [0.29, 0.717) is 0 Å². The van der Waals surface area contributed by atoms with Gasteiger partial charge in [0.25, 0.3) is 0 Å². The van der Waals surface area contributed by atoms with E-state index in [1.54, 1.807) is 19.9 Å². The Bertz CT molecular complexity index is 3050. The highest BCUT2D eigenvalue weighted by atomic mass is 16.7. The molecule has 0 bridgehead atoms. The molecule has 6 heterocycles. The van der Waals surface area contributed by atoms with E-state index in [9.17, 15) is 99.9 Å². The number of nitrogens with two attached hydrogens (primary N) is 2. The van der Waals surface area contributed by atoms with Gasteiger partial charge in [0, 0.05) is 18.5 Å². The third-order valence-corrected chi connectivity index (χ3v) is 16.6. The molecule has 526 valence electrons. The lowest BCUT2D eigenvalue weighted by Crippen LogP contribution is -2.70. The van der Waals surface area contributed by atoms with Crippen LogP contribution in [0.5, 0.6) is 5.75 Å². The molecular weight excluding hydrogens is 1270 g/mol. The summed E-state index contributed by atoms with van der Waals surface area (Å²) in [6.07, 6.45) is -31.9. The summed E-state index contributed by atoms with van der Waals surface area (Å²) in [4.78, 5) is 109. The Hall–Kier alpha value is -7.61. The fraction of sp³-hybridized carbons (Fsp3) is 0.632. The van der Waals surface area contributed by atoms with Gasteiger partial charge in [-0.1, -0.05) is 44.2 Å². The largest absolute Gasteiger partial charge is 0.462 e. The van der Waals surface area contributed by atoms with Crippen LogP contribution in [0.25, 0.3) is 0 Å². The van der Waals surface area contributed by atoms with E-state index in [2.05, 4.69) is 41.9 Å². The molecule has 38 heteroatoms. The first-order valence-corrected chi connectivity index (χ1v) is 30.3. The number of para-hydroxylation sites is 1. The van der Waals surface area contributed by atoms with Gasteiger partial charge >= 0.3 is 5.97 Å². The van der Waals surface area contributed by atoms with Crippen molar-refractivity contribution in [2.45, 2.75) is 167 Å². The first kappa shape index (κ1) is 73.2. The van der Waals surface area contributed by atoms with Gasteiger partial charge < -0.3 is 148 Å². The molecule has 4 saturated heterocycles. The number of guanidine groups is 2. The van der Waals surface area contributed by atoms with Crippen LogP contribution in [0.4, 0.5) is 5.69 Å². The van der Waals surface area contributed by atoms with E-state index in [1.165, 1.54) is 48.5 Å². The van der Waals surface area contributed by atoms with Crippen molar-refractivity contribution in [3.05, 3.63) is 60.2 Å². The number of nitrogens with zero attached hydrogens (tertiary/aromatic N) is 4. The van der Waals surface area contributed by atoms with Crippen LogP contribution in [0.1, 0.15) is 25.8 Å². The average molecular weight is 1350 g/mol. The molecule has 2 aromatic rings. The van der Waals surface area contributed by atoms with Gasteiger partial charge in [-0.2, -0.15) is 0 Å². The number of aliphatic hydroxyl groups is 13. The van der Waals surface area contributed by atoms with Crippen molar-refractivity contribution in [2.75, 3.05) is 57.5 Å². The molecule has 5 unspecified atom stereocenters. The minimum Gasteiger partial charge on any atom is -0.462 e. The maximum Gasteiger partial charge on any atom is 0.306 e. The van der Waals surface area contributed by atoms with Crippen LogP contribution in [-0.4, -0.2) is 318 Å². The minimum absolute atomic E-state index is 0.0846. The van der Waals surface area contributed by atoms with E-state index >= 15 is 0 Å². The first-order valence-electron chi connectivity index (χ1n) is 30.3. The quantitative estimate of drug-likeness (QED) is 0.0581. The number of nitrogens with one attached hydrogen (secondary N) is 6. The fourth-order valence-electron chi connectivity index (χ4n) is 11.4. The molecule has 4 fully saturated rings. The summed E-state index contributed by atoms with van der Waals surface area (Å²) in [5, 5.41) is 156. The number of hydrogen-bond donors (Lipinski definition) is 21. The Morgan fingerprint density at radius 1 is 0.632 bits per heavy atom. The lowest BCUT2D eigenvalue weighted by molar-refractivity contribution is -0.353. The second kappa shape index (κ2) is 32.4. The highest BCUT2D eigenvalue weighted by molar-refractivity contribution is 6.03. The van der Waals surface area contributed by atoms with E-state index in [1.807, 2.05) is 0 Å². The predicted molar refractivity (Wildman–Crippen MR) is 318 cm³/mol. The molecule has 0 aromatic heterocycles.